The number of halogens is 1. The lowest BCUT2D eigenvalue weighted by Gasteiger charge is -1.99. The quantitative estimate of drug-likeness (QED) is 0.703. The van der Waals surface area contributed by atoms with Gasteiger partial charge >= 0.3 is 0 Å². The van der Waals surface area contributed by atoms with Crippen LogP contribution in [-0.2, 0) is 0 Å². The summed E-state index contributed by atoms with van der Waals surface area (Å²) in [6, 6.07) is 5.98. The highest BCUT2D eigenvalue weighted by atomic mass is 19.1. The van der Waals surface area contributed by atoms with Crippen molar-refractivity contribution in [1.82, 2.24) is 9.55 Å². The Balaban J connectivity index is 2.37. The first-order valence-corrected chi connectivity index (χ1v) is 4.47. The van der Waals surface area contributed by atoms with Crippen LogP contribution in [0.25, 0.3) is 5.69 Å². The summed E-state index contributed by atoms with van der Waals surface area (Å²) < 4.78 is 14.3. The molecule has 0 unspecified atom stereocenters. The summed E-state index contributed by atoms with van der Waals surface area (Å²) in [4.78, 5) is 14.9. The van der Waals surface area contributed by atoms with Crippen LogP contribution in [0.1, 0.15) is 17.4 Å². The minimum absolute atomic E-state index is 0.0872. The maximum Gasteiger partial charge on any atom is 0.179 e. The molecule has 0 fully saturated rings. The summed E-state index contributed by atoms with van der Waals surface area (Å²) in [5.41, 5.74) is 1.18. The van der Waals surface area contributed by atoms with Crippen LogP contribution in [-0.4, -0.2) is 15.3 Å². The van der Waals surface area contributed by atoms with Gasteiger partial charge in [-0.05, 0) is 24.3 Å². The van der Waals surface area contributed by atoms with Crippen LogP contribution >= 0.6 is 0 Å². The van der Waals surface area contributed by atoms with Crippen LogP contribution in [0.15, 0.2) is 36.8 Å². The maximum absolute atomic E-state index is 12.7. The van der Waals surface area contributed by atoms with Crippen LogP contribution in [0.3, 0.4) is 0 Å². The number of Topliss-reactive ketones (excluding diaryl/α,β-unsaturated/α-hetero) is 1. The molecule has 0 aliphatic heterocycles. The Bertz CT molecular complexity index is 488. The molecule has 0 saturated carbocycles. The van der Waals surface area contributed by atoms with Gasteiger partial charge in [-0.25, -0.2) is 9.37 Å². The number of hydrogen-bond acceptors (Lipinski definition) is 2. The van der Waals surface area contributed by atoms with E-state index < -0.39 is 0 Å². The molecular weight excluding hydrogens is 195 g/mol. The molecule has 2 aromatic rings. The van der Waals surface area contributed by atoms with E-state index in [9.17, 15) is 9.18 Å². The minimum atomic E-state index is -0.286. The highest BCUT2D eigenvalue weighted by molar-refractivity contribution is 5.91. The minimum Gasteiger partial charge on any atom is -0.306 e. The number of hydrogen-bond donors (Lipinski definition) is 0. The van der Waals surface area contributed by atoms with Gasteiger partial charge < -0.3 is 4.57 Å². The van der Waals surface area contributed by atoms with Crippen molar-refractivity contribution < 1.29 is 9.18 Å². The summed E-state index contributed by atoms with van der Waals surface area (Å²) >= 11 is 0. The molecule has 0 radical (unpaired) electrons. The number of imidazole rings is 1. The molecule has 4 heteroatoms. The van der Waals surface area contributed by atoms with E-state index in [4.69, 9.17) is 0 Å². The largest absolute Gasteiger partial charge is 0.306 e. The second-order valence-electron chi connectivity index (χ2n) is 3.20. The highest BCUT2D eigenvalue weighted by Crippen LogP contribution is 2.09. The maximum atomic E-state index is 12.7. The summed E-state index contributed by atoms with van der Waals surface area (Å²) in [7, 11) is 0. The van der Waals surface area contributed by atoms with Crippen molar-refractivity contribution >= 4 is 5.78 Å². The molecule has 1 heterocycles. The molecule has 0 amide bonds. The molecule has 0 aliphatic rings. The van der Waals surface area contributed by atoms with Crippen LogP contribution in [0.4, 0.5) is 4.39 Å². The predicted molar refractivity (Wildman–Crippen MR) is 53.5 cm³/mol. The second kappa shape index (κ2) is 3.65. The van der Waals surface area contributed by atoms with E-state index in [1.807, 2.05) is 0 Å². The lowest BCUT2D eigenvalue weighted by Crippen LogP contribution is -1.92. The lowest BCUT2D eigenvalue weighted by molar-refractivity contribution is 0.101. The number of aromatic nitrogens is 2. The zero-order chi connectivity index (χ0) is 10.8. The average Bonchev–Trinajstić information content (AvgIpc) is 2.68. The van der Waals surface area contributed by atoms with Crippen molar-refractivity contribution in [2.75, 3.05) is 0 Å². The fraction of sp³-hybridized carbons (Fsp3) is 0.0909. The molecule has 0 aliphatic carbocycles. The molecule has 0 spiro atoms. The van der Waals surface area contributed by atoms with Crippen LogP contribution < -0.4 is 0 Å². The van der Waals surface area contributed by atoms with Crippen molar-refractivity contribution in [2.45, 2.75) is 6.92 Å². The van der Waals surface area contributed by atoms with E-state index in [0.29, 0.717) is 5.69 Å². The molecule has 15 heavy (non-hydrogen) atoms. The molecular formula is C11H9FN2O. The van der Waals surface area contributed by atoms with Gasteiger partial charge in [0, 0.05) is 18.8 Å². The highest BCUT2D eigenvalue weighted by Gasteiger charge is 2.04. The topological polar surface area (TPSA) is 34.9 Å². The summed E-state index contributed by atoms with van der Waals surface area (Å²) in [5.74, 6) is -0.374. The number of rotatable bonds is 2. The molecule has 76 valence electrons. The standard InChI is InChI=1S/C11H9FN2O/c1-8(15)11-6-14(7-13-11)10-4-2-9(12)3-5-10/h2-7H,1H3. The Kier molecular flexibility index (Phi) is 2.33. The molecule has 0 bridgehead atoms. The van der Waals surface area contributed by atoms with Crippen molar-refractivity contribution in [3.63, 3.8) is 0 Å². The zero-order valence-corrected chi connectivity index (χ0v) is 8.14. The fourth-order valence-electron chi connectivity index (χ4n) is 1.26. The summed E-state index contributed by atoms with van der Waals surface area (Å²) in [5, 5.41) is 0. The molecule has 2 rings (SSSR count). The molecule has 1 aromatic carbocycles. The van der Waals surface area contributed by atoms with Gasteiger partial charge in [0.05, 0.1) is 0 Å². The molecule has 3 nitrogen and oxygen atoms in total. The Labute approximate surface area is 86.2 Å². The third kappa shape index (κ3) is 1.93. The molecule has 0 atom stereocenters. The van der Waals surface area contributed by atoms with E-state index in [1.54, 1.807) is 22.9 Å². The van der Waals surface area contributed by atoms with Crippen molar-refractivity contribution in [3.05, 3.63) is 48.3 Å². The predicted octanol–water partition coefficient (Wildman–Crippen LogP) is 2.21. The van der Waals surface area contributed by atoms with Crippen LogP contribution in [0.5, 0.6) is 0 Å². The third-order valence-corrected chi connectivity index (χ3v) is 2.07. The van der Waals surface area contributed by atoms with E-state index in [2.05, 4.69) is 4.98 Å². The summed E-state index contributed by atoms with van der Waals surface area (Å²) in [6.45, 7) is 1.46. The molecule has 0 N–H and O–H groups in total. The smallest absolute Gasteiger partial charge is 0.179 e. The van der Waals surface area contributed by atoms with E-state index in [1.165, 1.54) is 25.4 Å². The number of carbonyl (C=O) groups is 1. The Morgan fingerprint density at radius 2 is 2.00 bits per heavy atom. The third-order valence-electron chi connectivity index (χ3n) is 2.07. The normalized spacial score (nSPS) is 10.3. The monoisotopic (exact) mass is 204 g/mol. The number of nitrogens with zero attached hydrogens (tertiary/aromatic N) is 2. The Morgan fingerprint density at radius 3 is 2.53 bits per heavy atom. The first-order chi connectivity index (χ1) is 7.16. The van der Waals surface area contributed by atoms with E-state index >= 15 is 0 Å². The van der Waals surface area contributed by atoms with Gasteiger partial charge in [-0.1, -0.05) is 0 Å². The SMILES string of the molecule is CC(=O)c1cn(-c2ccc(F)cc2)cn1. The zero-order valence-electron chi connectivity index (χ0n) is 8.14. The first kappa shape index (κ1) is 9.58. The van der Waals surface area contributed by atoms with Gasteiger partial charge in [0.15, 0.2) is 5.78 Å². The number of carbonyl (C=O) groups excluding carboxylic acids is 1. The van der Waals surface area contributed by atoms with Crippen molar-refractivity contribution in [1.29, 1.82) is 0 Å². The van der Waals surface area contributed by atoms with E-state index in [-0.39, 0.29) is 11.6 Å². The van der Waals surface area contributed by atoms with Gasteiger partial charge in [0.1, 0.15) is 17.8 Å². The number of ketones is 1. The Morgan fingerprint density at radius 1 is 1.33 bits per heavy atom. The van der Waals surface area contributed by atoms with Gasteiger partial charge in [0.25, 0.3) is 0 Å². The van der Waals surface area contributed by atoms with Gasteiger partial charge in [-0.15, -0.1) is 0 Å². The molecule has 0 saturated heterocycles. The number of benzene rings is 1. The van der Waals surface area contributed by atoms with Crippen molar-refractivity contribution in [2.24, 2.45) is 0 Å². The summed E-state index contributed by atoms with van der Waals surface area (Å²) in [6.07, 6.45) is 3.15. The van der Waals surface area contributed by atoms with E-state index in [0.717, 1.165) is 5.69 Å². The van der Waals surface area contributed by atoms with Crippen molar-refractivity contribution in [3.8, 4) is 5.69 Å². The van der Waals surface area contributed by atoms with Crippen LogP contribution in [0.2, 0.25) is 0 Å². The second-order valence-corrected chi connectivity index (χ2v) is 3.20. The fourth-order valence-corrected chi connectivity index (χ4v) is 1.26. The lowest BCUT2D eigenvalue weighted by atomic mass is 10.3. The van der Waals surface area contributed by atoms with Gasteiger partial charge in [0.2, 0.25) is 0 Å². The van der Waals surface area contributed by atoms with Gasteiger partial charge in [-0.2, -0.15) is 0 Å². The first-order valence-electron chi connectivity index (χ1n) is 4.47. The van der Waals surface area contributed by atoms with Crippen LogP contribution in [0, 0.1) is 5.82 Å². The molecule has 1 aromatic heterocycles. The average molecular weight is 204 g/mol. The Hall–Kier alpha value is -1.97. The van der Waals surface area contributed by atoms with Gasteiger partial charge in [-0.3, -0.25) is 4.79 Å².